The number of aromatic carboxylic acids is 1. The van der Waals surface area contributed by atoms with Gasteiger partial charge in [0.05, 0.1) is 5.56 Å². The smallest absolute Gasteiger partial charge is 0.336 e. The van der Waals surface area contributed by atoms with E-state index < -0.39 is 5.97 Å². The Morgan fingerprint density at radius 3 is 2.59 bits per heavy atom. The summed E-state index contributed by atoms with van der Waals surface area (Å²) in [5.41, 5.74) is 3.00. The monoisotopic (exact) mass is 379 g/mol. The molecule has 0 atom stereocenters. The number of thiocarbonyl (C=S) groups is 1. The summed E-state index contributed by atoms with van der Waals surface area (Å²) >= 11 is 4.91. The second-order valence-corrected chi connectivity index (χ2v) is 6.60. The highest BCUT2D eigenvalue weighted by atomic mass is 32.1. The third-order valence-electron chi connectivity index (χ3n) is 4.28. The number of aryl methyl sites for hydroxylation is 1. The van der Waals surface area contributed by atoms with E-state index in [-0.39, 0.29) is 0 Å². The number of rotatable bonds is 8. The number of benzene rings is 2. The zero-order chi connectivity index (χ0) is 19.2. The molecule has 0 aliphatic carbocycles. The van der Waals surface area contributed by atoms with Gasteiger partial charge in [-0.05, 0) is 34.5 Å². The minimum absolute atomic E-state index is 0.303. The van der Waals surface area contributed by atoms with E-state index in [1.54, 1.807) is 17.5 Å². The lowest BCUT2D eigenvalue weighted by Gasteiger charge is -2.08. The van der Waals surface area contributed by atoms with E-state index in [2.05, 4.69) is 17.0 Å². The highest BCUT2D eigenvalue weighted by molar-refractivity contribution is 7.78. The predicted octanol–water partition coefficient (Wildman–Crippen LogP) is 4.19. The van der Waals surface area contributed by atoms with Gasteiger partial charge in [0.2, 0.25) is 0 Å². The van der Waals surface area contributed by atoms with Crippen molar-refractivity contribution >= 4 is 23.6 Å². The first kappa shape index (κ1) is 18.9. The van der Waals surface area contributed by atoms with Crippen molar-refractivity contribution in [2.45, 2.75) is 32.7 Å². The summed E-state index contributed by atoms with van der Waals surface area (Å²) < 4.78 is 1.95. The number of nitrogens with zero attached hydrogens (tertiary/aromatic N) is 3. The molecule has 0 saturated carbocycles. The fraction of sp³-hybridized carbons (Fsp3) is 0.238. The van der Waals surface area contributed by atoms with Crippen LogP contribution >= 0.6 is 12.2 Å². The van der Waals surface area contributed by atoms with Crippen LogP contribution in [0.25, 0.3) is 11.1 Å². The normalized spacial score (nSPS) is 10.7. The minimum atomic E-state index is -0.923. The van der Waals surface area contributed by atoms with E-state index in [1.165, 1.54) is 0 Å². The van der Waals surface area contributed by atoms with Crippen molar-refractivity contribution in [3.05, 3.63) is 71.3 Å². The molecule has 0 amide bonds. The van der Waals surface area contributed by atoms with E-state index in [4.69, 9.17) is 12.2 Å². The largest absolute Gasteiger partial charge is 0.478 e. The highest BCUT2D eigenvalue weighted by Crippen LogP contribution is 2.24. The van der Waals surface area contributed by atoms with Gasteiger partial charge in [-0.1, -0.05) is 61.6 Å². The molecule has 5 nitrogen and oxygen atoms in total. The van der Waals surface area contributed by atoms with Crippen molar-refractivity contribution in [1.29, 1.82) is 0 Å². The first-order valence-electron chi connectivity index (χ1n) is 8.90. The van der Waals surface area contributed by atoms with E-state index >= 15 is 0 Å². The van der Waals surface area contributed by atoms with Crippen LogP contribution in [0.5, 0.6) is 0 Å². The molecule has 0 fully saturated rings. The summed E-state index contributed by atoms with van der Waals surface area (Å²) in [6, 6.07) is 15.0. The summed E-state index contributed by atoms with van der Waals surface area (Å²) in [6.07, 6.45) is 2.24. The molecule has 3 rings (SSSR count). The minimum Gasteiger partial charge on any atom is -0.478 e. The van der Waals surface area contributed by atoms with Crippen LogP contribution < -0.4 is 0 Å². The average Bonchev–Trinajstić information content (AvgIpc) is 3.04. The fourth-order valence-electron chi connectivity index (χ4n) is 3.01. The van der Waals surface area contributed by atoms with Gasteiger partial charge in [-0.3, -0.25) is 0 Å². The lowest BCUT2D eigenvalue weighted by molar-refractivity contribution is 0.0697. The Morgan fingerprint density at radius 2 is 1.93 bits per heavy atom. The van der Waals surface area contributed by atoms with Crippen LogP contribution in [0, 0.1) is 0 Å². The van der Waals surface area contributed by atoms with Crippen molar-refractivity contribution < 1.29 is 9.90 Å². The Balaban J connectivity index is 1.85. The van der Waals surface area contributed by atoms with Crippen LogP contribution in [-0.2, 0) is 19.4 Å². The second-order valence-electron chi connectivity index (χ2n) is 6.26. The molecular formula is C21H21N3O2S. The molecule has 2 aromatic carbocycles. The van der Waals surface area contributed by atoms with Gasteiger partial charge in [-0.15, -0.1) is 0 Å². The molecule has 0 aliphatic heterocycles. The quantitative estimate of drug-likeness (QED) is 0.595. The number of carboxylic acids is 1. The Hall–Kier alpha value is -2.86. The van der Waals surface area contributed by atoms with Gasteiger partial charge in [0.15, 0.2) is 5.82 Å². The Morgan fingerprint density at radius 1 is 1.19 bits per heavy atom. The highest BCUT2D eigenvalue weighted by Gasteiger charge is 2.12. The standard InChI is InChI=1S/C21H21N3O2S/c1-2-12-24-20(22-19(23-24)11-13-27)14-15-7-9-16(10-8-15)17-5-3-4-6-18(17)21(25)26/h3-10,13H,2,11-12,14H2,1H3,(H,25,26). The van der Waals surface area contributed by atoms with Crippen LogP contribution in [0.3, 0.4) is 0 Å². The molecule has 0 unspecified atom stereocenters. The van der Waals surface area contributed by atoms with E-state index in [9.17, 15) is 9.90 Å². The molecule has 1 aromatic heterocycles. The molecular weight excluding hydrogens is 358 g/mol. The van der Waals surface area contributed by atoms with E-state index in [1.807, 2.05) is 41.1 Å². The van der Waals surface area contributed by atoms with E-state index in [0.717, 1.165) is 35.7 Å². The van der Waals surface area contributed by atoms with Gasteiger partial charge in [0.25, 0.3) is 0 Å². The predicted molar refractivity (Wildman–Crippen MR) is 109 cm³/mol. The Labute approximate surface area is 163 Å². The van der Waals surface area contributed by atoms with Gasteiger partial charge in [0.1, 0.15) is 5.82 Å². The number of hydrogen-bond donors (Lipinski definition) is 1. The lowest BCUT2D eigenvalue weighted by atomic mass is 9.98. The SMILES string of the molecule is CCCn1nc(CC=S)nc1Cc1ccc(-c2ccccc2C(=O)O)cc1. The van der Waals surface area contributed by atoms with Crippen molar-refractivity contribution in [3.63, 3.8) is 0 Å². The van der Waals surface area contributed by atoms with Crippen LogP contribution in [-0.4, -0.2) is 31.2 Å². The Kier molecular flexibility index (Phi) is 6.08. The first-order chi connectivity index (χ1) is 13.1. The van der Waals surface area contributed by atoms with Gasteiger partial charge in [0, 0.05) is 19.4 Å². The maximum atomic E-state index is 11.4. The van der Waals surface area contributed by atoms with Crippen molar-refractivity contribution in [3.8, 4) is 11.1 Å². The lowest BCUT2D eigenvalue weighted by Crippen LogP contribution is -2.06. The zero-order valence-electron chi connectivity index (χ0n) is 15.1. The number of aromatic nitrogens is 3. The van der Waals surface area contributed by atoms with Crippen LogP contribution in [0.1, 0.15) is 40.9 Å². The summed E-state index contributed by atoms with van der Waals surface area (Å²) in [4.78, 5) is 16.0. The summed E-state index contributed by atoms with van der Waals surface area (Å²) in [7, 11) is 0. The van der Waals surface area contributed by atoms with Crippen LogP contribution in [0.15, 0.2) is 48.5 Å². The van der Waals surface area contributed by atoms with Crippen LogP contribution in [0.2, 0.25) is 0 Å². The molecule has 6 heteroatoms. The molecule has 138 valence electrons. The van der Waals surface area contributed by atoms with Crippen molar-refractivity contribution in [1.82, 2.24) is 14.8 Å². The topological polar surface area (TPSA) is 68.0 Å². The summed E-state index contributed by atoms with van der Waals surface area (Å²) in [5.74, 6) is 0.747. The number of carbonyl (C=O) groups is 1. The molecule has 1 heterocycles. The molecule has 0 spiro atoms. The van der Waals surface area contributed by atoms with Gasteiger partial charge in [-0.2, -0.15) is 5.10 Å². The molecule has 0 aliphatic rings. The van der Waals surface area contributed by atoms with Crippen molar-refractivity contribution in [2.75, 3.05) is 0 Å². The van der Waals surface area contributed by atoms with E-state index in [0.29, 0.717) is 24.0 Å². The first-order valence-corrected chi connectivity index (χ1v) is 9.37. The number of hydrogen-bond acceptors (Lipinski definition) is 4. The Bertz CT molecular complexity index is 948. The average molecular weight is 379 g/mol. The molecule has 0 radical (unpaired) electrons. The number of carboxylic acid groups (broad SMARTS) is 1. The fourth-order valence-corrected chi connectivity index (χ4v) is 3.16. The summed E-state index contributed by atoms with van der Waals surface area (Å²) in [5, 5.41) is 15.5. The summed E-state index contributed by atoms with van der Waals surface area (Å²) in [6.45, 7) is 2.93. The molecule has 1 N–H and O–H groups in total. The maximum absolute atomic E-state index is 11.4. The van der Waals surface area contributed by atoms with Crippen LogP contribution in [0.4, 0.5) is 0 Å². The third-order valence-corrected chi connectivity index (χ3v) is 4.44. The molecule has 0 saturated heterocycles. The maximum Gasteiger partial charge on any atom is 0.336 e. The molecule has 3 aromatic rings. The zero-order valence-corrected chi connectivity index (χ0v) is 15.9. The van der Waals surface area contributed by atoms with Gasteiger partial charge >= 0.3 is 5.97 Å². The van der Waals surface area contributed by atoms with Crippen molar-refractivity contribution in [2.24, 2.45) is 0 Å². The third kappa shape index (κ3) is 4.46. The van der Waals surface area contributed by atoms with Gasteiger partial charge < -0.3 is 5.11 Å². The molecule has 0 bridgehead atoms. The van der Waals surface area contributed by atoms with Gasteiger partial charge in [-0.25, -0.2) is 14.5 Å². The second kappa shape index (κ2) is 8.68. The molecule has 27 heavy (non-hydrogen) atoms.